The van der Waals surface area contributed by atoms with Crippen LogP contribution in [0.5, 0.6) is 0 Å². The summed E-state index contributed by atoms with van der Waals surface area (Å²) in [6.07, 6.45) is 0.529. The van der Waals surface area contributed by atoms with E-state index in [4.69, 9.17) is 4.74 Å². The summed E-state index contributed by atoms with van der Waals surface area (Å²) >= 11 is 0. The zero-order chi connectivity index (χ0) is 22.2. The van der Waals surface area contributed by atoms with Crippen LogP contribution in [0.25, 0.3) is 0 Å². The fourth-order valence-electron chi connectivity index (χ4n) is 2.96. The molecule has 1 fully saturated rings. The number of unbranched alkanes of at least 4 members (excludes halogenated alkanes) is 1. The van der Waals surface area contributed by atoms with Crippen LogP contribution in [0.1, 0.15) is 53.4 Å². The number of esters is 1. The molecule has 0 radical (unpaired) electrons. The topological polar surface area (TPSA) is 84.0 Å². The number of ether oxygens (including phenoxy) is 1. The number of nitrogens with zero attached hydrogens (tertiary/aromatic N) is 2. The molecule has 1 aliphatic rings. The molecule has 0 aromatic rings. The molecular weight excluding hydrogens is 443 g/mol. The molecule has 12 heteroatoms. The molecule has 1 atom stereocenters. The summed E-state index contributed by atoms with van der Waals surface area (Å²) in [5, 5.41) is 0. The van der Waals surface area contributed by atoms with E-state index in [1.54, 1.807) is 4.90 Å². The fraction of sp³-hybridized carbons (Fsp3) is 0.789. The van der Waals surface area contributed by atoms with Crippen LogP contribution in [-0.2, 0) is 23.9 Å². The van der Waals surface area contributed by atoms with Gasteiger partial charge in [0.15, 0.2) is 11.5 Å². The number of hydrogen-bond donors (Lipinski definition) is 0. The van der Waals surface area contributed by atoms with Crippen molar-refractivity contribution in [1.29, 1.82) is 0 Å². The van der Waals surface area contributed by atoms with Crippen LogP contribution in [0.3, 0.4) is 0 Å². The summed E-state index contributed by atoms with van der Waals surface area (Å²) in [6, 6.07) is -0.289. The van der Waals surface area contributed by atoms with Gasteiger partial charge in [-0.25, -0.2) is 0 Å². The second kappa shape index (κ2) is 15.5. The summed E-state index contributed by atoms with van der Waals surface area (Å²) in [5.74, 6) is -0.503. The molecule has 172 valence electrons. The van der Waals surface area contributed by atoms with Crippen LogP contribution >= 0.6 is 0 Å². The Kier molecular flexibility index (Phi) is 16.5. The van der Waals surface area contributed by atoms with Crippen LogP contribution in [0.2, 0.25) is 0 Å². The molecule has 0 bridgehead atoms. The van der Waals surface area contributed by atoms with Gasteiger partial charge in [0.1, 0.15) is 6.61 Å². The Balaban J connectivity index is 0. The van der Waals surface area contributed by atoms with Crippen molar-refractivity contribution in [3.8, 4) is 0 Å². The van der Waals surface area contributed by atoms with E-state index >= 15 is 0 Å². The second-order valence-electron chi connectivity index (χ2n) is 8.41. The molecule has 31 heavy (non-hydrogen) atoms. The molecule has 1 rings (SSSR count). The molecule has 1 heterocycles. The number of carbonyl (C=O) groups excluding carboxylic acids is 4. The van der Waals surface area contributed by atoms with E-state index < -0.39 is 24.3 Å². The van der Waals surface area contributed by atoms with Crippen molar-refractivity contribution in [1.82, 2.24) is 9.80 Å². The van der Waals surface area contributed by atoms with E-state index in [2.05, 4.69) is 0 Å². The van der Waals surface area contributed by atoms with Crippen molar-refractivity contribution in [3.63, 3.8) is 0 Å². The second-order valence-corrected chi connectivity index (χ2v) is 8.41. The summed E-state index contributed by atoms with van der Waals surface area (Å²) in [6.45, 7) is 8.36. The van der Waals surface area contributed by atoms with Gasteiger partial charge in [0.2, 0.25) is 5.91 Å². The minimum atomic E-state index is -2.96. The third kappa shape index (κ3) is 12.5. The van der Waals surface area contributed by atoms with Gasteiger partial charge in [0, 0.05) is 44.8 Å². The van der Waals surface area contributed by atoms with Gasteiger partial charge in [-0.15, -0.1) is 0 Å². The van der Waals surface area contributed by atoms with Crippen molar-refractivity contribution in [2.24, 2.45) is 5.41 Å². The molecule has 0 aromatic heterocycles. The summed E-state index contributed by atoms with van der Waals surface area (Å²) in [4.78, 5) is 50.6. The van der Waals surface area contributed by atoms with Crippen molar-refractivity contribution < 1.29 is 88.6 Å². The first-order chi connectivity index (χ1) is 13.4. The average molecular weight is 474 g/mol. The Bertz CT molecular complexity index is 620. The molecule has 0 N–H and O–H groups in total. The van der Waals surface area contributed by atoms with E-state index in [9.17, 15) is 27.8 Å². The van der Waals surface area contributed by atoms with Crippen LogP contribution in [0, 0.1) is 5.41 Å². The summed E-state index contributed by atoms with van der Waals surface area (Å²) in [7, 11) is -2.96. The first-order valence-electron chi connectivity index (χ1n) is 9.91. The van der Waals surface area contributed by atoms with E-state index in [0.717, 1.165) is 0 Å². The quantitative estimate of drug-likeness (QED) is 0.181. The zero-order valence-corrected chi connectivity index (χ0v) is 22.2. The number of hydrogen-bond acceptors (Lipinski definition) is 6. The van der Waals surface area contributed by atoms with Gasteiger partial charge in [-0.3, -0.25) is 27.9 Å². The monoisotopic (exact) mass is 474 g/mol. The Morgan fingerprint density at radius 2 is 1.65 bits per heavy atom. The SMILES string of the molecule is CC(=O)OCC1CN(C(=O)CCCCC(=O)B(F)F)CCN1CC(=O)C(C)(C)C.[F-].[K+]. The first-order valence-corrected chi connectivity index (χ1v) is 9.91. The Hall–Kier alpha value is -0.269. The van der Waals surface area contributed by atoms with Crippen molar-refractivity contribution >= 4 is 30.6 Å². The van der Waals surface area contributed by atoms with Gasteiger partial charge in [0.25, 0.3) is 0 Å². The van der Waals surface area contributed by atoms with E-state index in [0.29, 0.717) is 26.1 Å². The smallest absolute Gasteiger partial charge is 1.00 e. The van der Waals surface area contributed by atoms with E-state index in [-0.39, 0.29) is 106 Å². The minimum Gasteiger partial charge on any atom is -1.00 e. The van der Waals surface area contributed by atoms with E-state index in [1.165, 1.54) is 6.92 Å². The number of Topliss-reactive ketones (excluding diaryl/α,β-unsaturated/α-hetero) is 1. The van der Waals surface area contributed by atoms with Gasteiger partial charge in [-0.05, 0) is 12.8 Å². The van der Waals surface area contributed by atoms with Gasteiger partial charge < -0.3 is 19.1 Å². The molecule has 1 saturated heterocycles. The molecule has 0 aromatic carbocycles. The molecule has 7 nitrogen and oxygen atoms in total. The average Bonchev–Trinajstić information content (AvgIpc) is 2.62. The van der Waals surface area contributed by atoms with Crippen molar-refractivity contribution in [2.75, 3.05) is 32.8 Å². The van der Waals surface area contributed by atoms with E-state index in [1.807, 2.05) is 25.7 Å². The van der Waals surface area contributed by atoms with Crippen LogP contribution in [0.4, 0.5) is 8.63 Å². The standard InChI is InChI=1S/C19H31BF2N2O5.FH.K/c1-14(25)29-13-15-11-24(10-9-23(15)12-16(26)19(2,3)4)18(28)8-6-5-7-17(27)20(21)22;;/h15H,5-13H2,1-4H3;1H;/q;;+1/p-1. The number of amides is 1. The molecule has 1 unspecified atom stereocenters. The van der Waals surface area contributed by atoms with Crippen molar-refractivity contribution in [2.45, 2.75) is 59.4 Å². The number of ketones is 1. The maximum Gasteiger partial charge on any atom is 1.00 e. The summed E-state index contributed by atoms with van der Waals surface area (Å²) in [5.41, 5.74) is -1.59. The molecular formula is C19H31BF3KN2O5. The molecule has 1 aliphatic heterocycles. The normalized spacial score (nSPS) is 16.6. The third-order valence-corrected chi connectivity index (χ3v) is 4.93. The number of carbonyl (C=O) groups is 4. The van der Waals surface area contributed by atoms with Gasteiger partial charge in [0.05, 0.1) is 12.6 Å². The summed E-state index contributed by atoms with van der Waals surface area (Å²) < 4.78 is 29.5. The third-order valence-electron chi connectivity index (χ3n) is 4.93. The fourth-order valence-corrected chi connectivity index (χ4v) is 2.96. The van der Waals surface area contributed by atoms with Crippen LogP contribution < -0.4 is 56.1 Å². The number of piperazine rings is 1. The van der Waals surface area contributed by atoms with Crippen LogP contribution in [0.15, 0.2) is 0 Å². The van der Waals surface area contributed by atoms with Crippen LogP contribution in [-0.4, -0.2) is 79.2 Å². The first kappa shape index (κ1) is 32.9. The molecule has 0 spiro atoms. The predicted molar refractivity (Wildman–Crippen MR) is 104 cm³/mol. The number of halogens is 3. The Morgan fingerprint density at radius 1 is 1.06 bits per heavy atom. The van der Waals surface area contributed by atoms with Gasteiger partial charge in [-0.1, -0.05) is 20.8 Å². The largest absolute Gasteiger partial charge is 1.00 e. The minimum absolute atomic E-state index is 0. The molecule has 1 amide bonds. The molecule has 0 aliphatic carbocycles. The number of rotatable bonds is 10. The Morgan fingerprint density at radius 3 is 2.16 bits per heavy atom. The van der Waals surface area contributed by atoms with Crippen molar-refractivity contribution in [3.05, 3.63) is 0 Å². The zero-order valence-electron chi connectivity index (χ0n) is 19.1. The van der Waals surface area contributed by atoms with Gasteiger partial charge in [-0.2, -0.15) is 0 Å². The maximum absolute atomic E-state index is 12.4. The molecule has 0 saturated carbocycles. The Labute approximate surface area is 224 Å². The predicted octanol–water partition coefficient (Wildman–Crippen LogP) is -4.22. The maximum atomic E-state index is 12.4. The van der Waals surface area contributed by atoms with Gasteiger partial charge >= 0.3 is 64.6 Å².